The van der Waals surface area contributed by atoms with Gasteiger partial charge in [0.25, 0.3) is 0 Å². The molecular formula is C13H16N4O. The van der Waals surface area contributed by atoms with Crippen LogP contribution in [0.4, 0.5) is 11.8 Å². The number of aryl methyl sites for hydroxylation is 1. The van der Waals surface area contributed by atoms with Crippen LogP contribution in [-0.4, -0.2) is 17.0 Å². The van der Waals surface area contributed by atoms with Crippen LogP contribution in [0.15, 0.2) is 30.3 Å². The number of rotatable bonds is 4. The van der Waals surface area contributed by atoms with Gasteiger partial charge in [-0.3, -0.25) is 0 Å². The van der Waals surface area contributed by atoms with E-state index in [0.717, 1.165) is 12.2 Å². The largest absolute Gasteiger partial charge is 0.439 e. The summed E-state index contributed by atoms with van der Waals surface area (Å²) in [6, 6.07) is 9.58. The summed E-state index contributed by atoms with van der Waals surface area (Å²) < 4.78 is 5.63. The van der Waals surface area contributed by atoms with Gasteiger partial charge in [-0.25, -0.2) is 0 Å². The minimum atomic E-state index is 0.182. The SMILES string of the molecule is CCc1ccc(Oc2cc(NC)nc(N)n2)cc1. The van der Waals surface area contributed by atoms with E-state index in [0.29, 0.717) is 11.7 Å². The molecule has 0 aliphatic rings. The van der Waals surface area contributed by atoms with Crippen LogP contribution in [0.25, 0.3) is 0 Å². The highest BCUT2D eigenvalue weighted by Gasteiger charge is 2.03. The minimum absolute atomic E-state index is 0.182. The third-order valence-corrected chi connectivity index (χ3v) is 2.53. The normalized spacial score (nSPS) is 10.1. The standard InChI is InChI=1S/C13H16N4O/c1-3-9-4-6-10(7-5-9)18-12-8-11(15-2)16-13(14)17-12/h4-8H,3H2,1-2H3,(H3,14,15,16,17). The second-order valence-electron chi connectivity index (χ2n) is 3.80. The highest BCUT2D eigenvalue weighted by Crippen LogP contribution is 2.22. The molecule has 0 saturated heterocycles. The topological polar surface area (TPSA) is 73.1 Å². The van der Waals surface area contributed by atoms with Gasteiger partial charge in [0.05, 0.1) is 0 Å². The predicted octanol–water partition coefficient (Wildman–Crippen LogP) is 2.46. The number of benzene rings is 1. The van der Waals surface area contributed by atoms with E-state index in [-0.39, 0.29) is 5.95 Å². The lowest BCUT2D eigenvalue weighted by molar-refractivity contribution is 0.463. The van der Waals surface area contributed by atoms with Crippen LogP contribution < -0.4 is 15.8 Å². The first-order valence-electron chi connectivity index (χ1n) is 5.80. The molecule has 0 aliphatic heterocycles. The van der Waals surface area contributed by atoms with Gasteiger partial charge < -0.3 is 15.8 Å². The third kappa shape index (κ3) is 2.88. The monoisotopic (exact) mass is 244 g/mol. The van der Waals surface area contributed by atoms with Crippen molar-refractivity contribution in [2.45, 2.75) is 13.3 Å². The number of aromatic nitrogens is 2. The Hall–Kier alpha value is -2.30. The molecule has 5 nitrogen and oxygen atoms in total. The Morgan fingerprint density at radius 3 is 2.56 bits per heavy atom. The van der Waals surface area contributed by atoms with Crippen molar-refractivity contribution in [3.8, 4) is 11.6 Å². The maximum atomic E-state index is 5.63. The van der Waals surface area contributed by atoms with Crippen molar-refractivity contribution < 1.29 is 4.74 Å². The van der Waals surface area contributed by atoms with Gasteiger partial charge in [0.2, 0.25) is 11.8 Å². The fraction of sp³-hybridized carbons (Fsp3) is 0.231. The number of nitrogens with one attached hydrogen (secondary N) is 1. The van der Waals surface area contributed by atoms with E-state index in [9.17, 15) is 0 Å². The summed E-state index contributed by atoms with van der Waals surface area (Å²) in [6.07, 6.45) is 1.00. The maximum Gasteiger partial charge on any atom is 0.226 e. The average Bonchev–Trinajstić information content (AvgIpc) is 2.39. The van der Waals surface area contributed by atoms with Crippen molar-refractivity contribution in [1.29, 1.82) is 0 Å². The Labute approximate surface area is 106 Å². The summed E-state index contributed by atoms with van der Waals surface area (Å²) in [5.74, 6) is 1.97. The molecule has 2 rings (SSSR count). The molecule has 0 spiro atoms. The molecule has 94 valence electrons. The first-order chi connectivity index (χ1) is 8.71. The molecule has 0 amide bonds. The van der Waals surface area contributed by atoms with Crippen LogP contribution >= 0.6 is 0 Å². The zero-order valence-electron chi connectivity index (χ0n) is 10.5. The maximum absolute atomic E-state index is 5.63. The van der Waals surface area contributed by atoms with E-state index < -0.39 is 0 Å². The molecule has 0 atom stereocenters. The third-order valence-electron chi connectivity index (χ3n) is 2.53. The Balaban J connectivity index is 2.19. The molecule has 1 aromatic carbocycles. The molecule has 2 aromatic rings. The molecular weight excluding hydrogens is 228 g/mol. The molecule has 0 saturated carbocycles. The van der Waals surface area contributed by atoms with E-state index in [1.807, 2.05) is 24.3 Å². The molecule has 0 unspecified atom stereocenters. The fourth-order valence-corrected chi connectivity index (χ4v) is 1.54. The van der Waals surface area contributed by atoms with Crippen LogP contribution in [0, 0.1) is 0 Å². The Morgan fingerprint density at radius 1 is 1.22 bits per heavy atom. The van der Waals surface area contributed by atoms with Gasteiger partial charge in [-0.1, -0.05) is 19.1 Å². The molecule has 0 bridgehead atoms. The highest BCUT2D eigenvalue weighted by atomic mass is 16.5. The molecule has 1 heterocycles. The lowest BCUT2D eigenvalue weighted by atomic mass is 10.2. The number of anilines is 2. The van der Waals surface area contributed by atoms with Crippen molar-refractivity contribution in [2.75, 3.05) is 18.1 Å². The number of nitrogens with zero attached hydrogens (tertiary/aromatic N) is 2. The number of hydrogen-bond donors (Lipinski definition) is 2. The van der Waals surface area contributed by atoms with E-state index in [2.05, 4.69) is 22.2 Å². The summed E-state index contributed by atoms with van der Waals surface area (Å²) in [5.41, 5.74) is 6.86. The molecule has 1 aromatic heterocycles. The van der Waals surface area contributed by atoms with Gasteiger partial charge in [0.1, 0.15) is 11.6 Å². The van der Waals surface area contributed by atoms with Crippen LogP contribution in [-0.2, 0) is 6.42 Å². The minimum Gasteiger partial charge on any atom is -0.439 e. The second-order valence-corrected chi connectivity index (χ2v) is 3.80. The molecule has 18 heavy (non-hydrogen) atoms. The van der Waals surface area contributed by atoms with Gasteiger partial charge in [0.15, 0.2) is 0 Å². The van der Waals surface area contributed by atoms with Crippen molar-refractivity contribution in [2.24, 2.45) is 0 Å². The summed E-state index contributed by atoms with van der Waals surface area (Å²) in [6.45, 7) is 2.11. The Bertz CT molecular complexity index is 525. The molecule has 3 N–H and O–H groups in total. The van der Waals surface area contributed by atoms with Crippen molar-refractivity contribution in [3.63, 3.8) is 0 Å². The molecule has 0 aliphatic carbocycles. The van der Waals surface area contributed by atoms with Gasteiger partial charge in [-0.2, -0.15) is 9.97 Å². The average molecular weight is 244 g/mol. The number of ether oxygens (including phenoxy) is 1. The molecule has 5 heteroatoms. The summed E-state index contributed by atoms with van der Waals surface area (Å²) in [7, 11) is 1.77. The number of nitrogens with two attached hydrogens (primary N) is 1. The van der Waals surface area contributed by atoms with Crippen molar-refractivity contribution in [3.05, 3.63) is 35.9 Å². The van der Waals surface area contributed by atoms with Gasteiger partial charge in [0, 0.05) is 13.1 Å². The zero-order valence-corrected chi connectivity index (χ0v) is 10.5. The summed E-state index contributed by atoms with van der Waals surface area (Å²) in [4.78, 5) is 8.02. The van der Waals surface area contributed by atoms with E-state index in [4.69, 9.17) is 10.5 Å². The molecule has 0 radical (unpaired) electrons. The van der Waals surface area contributed by atoms with Crippen LogP contribution in [0.1, 0.15) is 12.5 Å². The van der Waals surface area contributed by atoms with Crippen LogP contribution in [0.5, 0.6) is 11.6 Å². The predicted molar refractivity (Wildman–Crippen MR) is 71.9 cm³/mol. The fourth-order valence-electron chi connectivity index (χ4n) is 1.54. The van der Waals surface area contributed by atoms with Crippen LogP contribution in [0.2, 0.25) is 0 Å². The molecule has 0 fully saturated rings. The van der Waals surface area contributed by atoms with E-state index in [1.165, 1.54) is 5.56 Å². The Kier molecular flexibility index (Phi) is 3.62. The highest BCUT2D eigenvalue weighted by molar-refractivity contribution is 5.43. The number of hydrogen-bond acceptors (Lipinski definition) is 5. The smallest absolute Gasteiger partial charge is 0.226 e. The van der Waals surface area contributed by atoms with Crippen LogP contribution in [0.3, 0.4) is 0 Å². The van der Waals surface area contributed by atoms with Crippen molar-refractivity contribution in [1.82, 2.24) is 9.97 Å². The van der Waals surface area contributed by atoms with Crippen molar-refractivity contribution >= 4 is 11.8 Å². The van der Waals surface area contributed by atoms with E-state index >= 15 is 0 Å². The van der Waals surface area contributed by atoms with E-state index in [1.54, 1.807) is 13.1 Å². The summed E-state index contributed by atoms with van der Waals surface area (Å²) in [5, 5.41) is 2.90. The van der Waals surface area contributed by atoms with Gasteiger partial charge in [-0.05, 0) is 24.1 Å². The van der Waals surface area contributed by atoms with Gasteiger partial charge >= 0.3 is 0 Å². The lowest BCUT2D eigenvalue weighted by Crippen LogP contribution is -2.01. The quantitative estimate of drug-likeness (QED) is 0.864. The first kappa shape index (κ1) is 12.2. The second kappa shape index (κ2) is 5.35. The Morgan fingerprint density at radius 2 is 1.94 bits per heavy atom. The van der Waals surface area contributed by atoms with Gasteiger partial charge in [-0.15, -0.1) is 0 Å². The first-order valence-corrected chi connectivity index (χ1v) is 5.80. The lowest BCUT2D eigenvalue weighted by Gasteiger charge is -2.07. The zero-order chi connectivity index (χ0) is 13.0. The summed E-state index contributed by atoms with van der Waals surface area (Å²) >= 11 is 0. The number of nitrogen functional groups attached to an aromatic ring is 1.